The second-order valence-corrected chi connectivity index (χ2v) is 4.45. The van der Waals surface area contributed by atoms with E-state index in [1.54, 1.807) is 0 Å². The van der Waals surface area contributed by atoms with Gasteiger partial charge in [0, 0.05) is 23.5 Å². The Morgan fingerprint density at radius 1 is 1.47 bits per heavy atom. The number of fused-ring (bicyclic) bond motifs is 1. The number of nitrogens with one attached hydrogen (secondary N) is 1. The molecule has 0 amide bonds. The van der Waals surface area contributed by atoms with E-state index in [1.807, 2.05) is 18.3 Å². The number of hydrogen-bond donors (Lipinski definition) is 2. The third kappa shape index (κ3) is 2.39. The van der Waals surface area contributed by atoms with Gasteiger partial charge in [-0.05, 0) is 37.5 Å². The number of benzene rings is 1. The monoisotopic (exact) mass is 231 g/mol. The Morgan fingerprint density at radius 2 is 2.24 bits per heavy atom. The lowest BCUT2D eigenvalue weighted by atomic mass is 10.0. The molecule has 3 nitrogen and oxygen atoms in total. The van der Waals surface area contributed by atoms with Gasteiger partial charge in [0.25, 0.3) is 0 Å². The van der Waals surface area contributed by atoms with E-state index in [4.69, 9.17) is 5.11 Å². The number of hydrogen-bond acceptors (Lipinski definition) is 2. The number of H-pyrrole nitrogens is 1. The van der Waals surface area contributed by atoms with Crippen LogP contribution >= 0.6 is 0 Å². The Bertz CT molecular complexity index is 540. The van der Waals surface area contributed by atoms with Crippen LogP contribution in [-0.4, -0.2) is 22.0 Å². The highest BCUT2D eigenvalue weighted by atomic mass is 16.3. The molecule has 0 fully saturated rings. The molecule has 1 aromatic carbocycles. The van der Waals surface area contributed by atoms with Crippen molar-refractivity contribution in [2.45, 2.75) is 32.8 Å². The number of aromatic amines is 1. The van der Waals surface area contributed by atoms with Crippen molar-refractivity contribution in [3.63, 3.8) is 0 Å². The summed E-state index contributed by atoms with van der Waals surface area (Å²) in [6, 6.07) is 6.11. The van der Waals surface area contributed by atoms with Crippen molar-refractivity contribution < 1.29 is 9.90 Å². The van der Waals surface area contributed by atoms with E-state index in [2.05, 4.69) is 18.0 Å². The van der Waals surface area contributed by atoms with E-state index in [-0.39, 0.29) is 5.78 Å². The highest BCUT2D eigenvalue weighted by Gasteiger charge is 2.11. The van der Waals surface area contributed by atoms with Gasteiger partial charge in [0.1, 0.15) is 6.10 Å². The molecule has 2 rings (SSSR count). The van der Waals surface area contributed by atoms with Crippen LogP contribution in [0.4, 0.5) is 0 Å². The maximum atomic E-state index is 11.4. The summed E-state index contributed by atoms with van der Waals surface area (Å²) >= 11 is 0. The zero-order valence-corrected chi connectivity index (χ0v) is 10.2. The van der Waals surface area contributed by atoms with E-state index >= 15 is 0 Å². The van der Waals surface area contributed by atoms with Crippen LogP contribution in [0.5, 0.6) is 0 Å². The molecular formula is C14H17NO2. The van der Waals surface area contributed by atoms with E-state index < -0.39 is 6.10 Å². The molecule has 0 bridgehead atoms. The standard InChI is InChI=1S/C14H17NO2/c1-9-4-3-5-12-14(9)11(8-15-12)6-7-13(17)10(2)16/h3-5,8,10,15-16H,6-7H2,1-2H3. The number of Topliss-reactive ketones (excluding diaryl/α,β-unsaturated/α-hetero) is 1. The molecule has 0 spiro atoms. The summed E-state index contributed by atoms with van der Waals surface area (Å²) in [6.07, 6.45) is 2.15. The minimum atomic E-state index is -0.860. The number of carbonyl (C=O) groups is 1. The Kier molecular flexibility index (Phi) is 3.29. The SMILES string of the molecule is Cc1cccc2[nH]cc(CCC(=O)C(C)O)c12. The van der Waals surface area contributed by atoms with Crippen LogP contribution in [0.15, 0.2) is 24.4 Å². The minimum Gasteiger partial charge on any atom is -0.386 e. The van der Waals surface area contributed by atoms with E-state index in [1.165, 1.54) is 17.9 Å². The molecule has 0 aliphatic heterocycles. The Labute approximate surface area is 100 Å². The molecule has 1 unspecified atom stereocenters. The zero-order chi connectivity index (χ0) is 12.4. The average molecular weight is 231 g/mol. The fourth-order valence-corrected chi connectivity index (χ4v) is 2.12. The van der Waals surface area contributed by atoms with Crippen molar-refractivity contribution in [1.29, 1.82) is 0 Å². The summed E-state index contributed by atoms with van der Waals surface area (Å²) in [5.74, 6) is -0.104. The fourth-order valence-electron chi connectivity index (χ4n) is 2.12. The van der Waals surface area contributed by atoms with Gasteiger partial charge in [0.15, 0.2) is 5.78 Å². The van der Waals surface area contributed by atoms with Gasteiger partial charge >= 0.3 is 0 Å². The van der Waals surface area contributed by atoms with Gasteiger partial charge in [-0.3, -0.25) is 4.79 Å². The van der Waals surface area contributed by atoms with Crippen LogP contribution in [0.25, 0.3) is 10.9 Å². The number of aliphatic hydroxyl groups is 1. The van der Waals surface area contributed by atoms with Gasteiger partial charge in [0.2, 0.25) is 0 Å². The van der Waals surface area contributed by atoms with Crippen LogP contribution < -0.4 is 0 Å². The first-order chi connectivity index (χ1) is 8.09. The van der Waals surface area contributed by atoms with E-state index in [0.29, 0.717) is 12.8 Å². The molecule has 0 saturated carbocycles. The maximum Gasteiger partial charge on any atom is 0.161 e. The largest absolute Gasteiger partial charge is 0.386 e. The summed E-state index contributed by atoms with van der Waals surface area (Å²) in [6.45, 7) is 3.58. The van der Waals surface area contributed by atoms with Gasteiger partial charge < -0.3 is 10.1 Å². The number of ketones is 1. The summed E-state index contributed by atoms with van der Waals surface area (Å²) in [5.41, 5.74) is 3.46. The second kappa shape index (κ2) is 4.72. The summed E-state index contributed by atoms with van der Waals surface area (Å²) in [7, 11) is 0. The molecule has 2 N–H and O–H groups in total. The molecule has 0 saturated heterocycles. The number of aliphatic hydroxyl groups excluding tert-OH is 1. The summed E-state index contributed by atoms with van der Waals surface area (Å²) < 4.78 is 0. The van der Waals surface area contributed by atoms with Crippen molar-refractivity contribution in [3.8, 4) is 0 Å². The average Bonchev–Trinajstić information content (AvgIpc) is 2.70. The number of rotatable bonds is 4. The third-order valence-electron chi connectivity index (χ3n) is 3.10. The fraction of sp³-hybridized carbons (Fsp3) is 0.357. The molecule has 1 atom stereocenters. The molecule has 17 heavy (non-hydrogen) atoms. The summed E-state index contributed by atoms with van der Waals surface area (Å²) in [4.78, 5) is 14.6. The van der Waals surface area contributed by atoms with Gasteiger partial charge in [0.05, 0.1) is 0 Å². The normalized spacial score (nSPS) is 12.9. The van der Waals surface area contributed by atoms with E-state index in [9.17, 15) is 4.79 Å². The maximum absolute atomic E-state index is 11.4. The highest BCUT2D eigenvalue weighted by molar-refractivity contribution is 5.88. The van der Waals surface area contributed by atoms with Crippen molar-refractivity contribution >= 4 is 16.7 Å². The Morgan fingerprint density at radius 3 is 2.94 bits per heavy atom. The molecule has 2 aromatic rings. The lowest BCUT2D eigenvalue weighted by Gasteiger charge is -2.04. The molecule has 1 heterocycles. The smallest absolute Gasteiger partial charge is 0.161 e. The lowest BCUT2D eigenvalue weighted by molar-refractivity contribution is -0.126. The number of aryl methyl sites for hydroxylation is 2. The Balaban J connectivity index is 2.22. The first-order valence-electron chi connectivity index (χ1n) is 5.86. The lowest BCUT2D eigenvalue weighted by Crippen LogP contribution is -2.16. The Hall–Kier alpha value is -1.61. The predicted molar refractivity (Wildman–Crippen MR) is 68.0 cm³/mol. The first-order valence-corrected chi connectivity index (χ1v) is 5.86. The minimum absolute atomic E-state index is 0.104. The summed E-state index contributed by atoms with van der Waals surface area (Å²) in [5, 5.41) is 10.4. The molecule has 0 aliphatic rings. The first kappa shape index (κ1) is 11.9. The molecule has 0 aliphatic carbocycles. The van der Waals surface area contributed by atoms with Gasteiger partial charge in [-0.15, -0.1) is 0 Å². The van der Waals surface area contributed by atoms with E-state index in [0.717, 1.165) is 11.1 Å². The van der Waals surface area contributed by atoms with Gasteiger partial charge in [-0.2, -0.15) is 0 Å². The van der Waals surface area contributed by atoms with Crippen LogP contribution in [-0.2, 0) is 11.2 Å². The molecule has 90 valence electrons. The predicted octanol–water partition coefficient (Wildman–Crippen LogP) is 2.36. The van der Waals surface area contributed by atoms with Crippen LogP contribution in [0.2, 0.25) is 0 Å². The van der Waals surface area contributed by atoms with Crippen molar-refractivity contribution in [2.24, 2.45) is 0 Å². The van der Waals surface area contributed by atoms with Crippen LogP contribution in [0.1, 0.15) is 24.5 Å². The molecule has 1 aromatic heterocycles. The van der Waals surface area contributed by atoms with Crippen molar-refractivity contribution in [2.75, 3.05) is 0 Å². The van der Waals surface area contributed by atoms with Crippen molar-refractivity contribution in [3.05, 3.63) is 35.5 Å². The quantitative estimate of drug-likeness (QED) is 0.848. The second-order valence-electron chi connectivity index (χ2n) is 4.45. The molecule has 0 radical (unpaired) electrons. The molecular weight excluding hydrogens is 214 g/mol. The van der Waals surface area contributed by atoms with Gasteiger partial charge in [-0.1, -0.05) is 12.1 Å². The zero-order valence-electron chi connectivity index (χ0n) is 10.2. The van der Waals surface area contributed by atoms with Gasteiger partial charge in [-0.25, -0.2) is 0 Å². The number of aromatic nitrogens is 1. The topological polar surface area (TPSA) is 53.1 Å². The van der Waals surface area contributed by atoms with Crippen LogP contribution in [0.3, 0.4) is 0 Å². The molecule has 3 heteroatoms. The van der Waals surface area contributed by atoms with Crippen LogP contribution in [0, 0.1) is 6.92 Å². The highest BCUT2D eigenvalue weighted by Crippen LogP contribution is 2.23. The third-order valence-corrected chi connectivity index (χ3v) is 3.10. The van der Waals surface area contributed by atoms with Crippen molar-refractivity contribution in [1.82, 2.24) is 4.98 Å². The number of carbonyl (C=O) groups excluding carboxylic acids is 1.